The summed E-state index contributed by atoms with van der Waals surface area (Å²) in [5.41, 5.74) is 5.08. The number of amides is 1. The number of aromatic nitrogens is 3. The van der Waals surface area contributed by atoms with Gasteiger partial charge in [0.25, 0.3) is 5.91 Å². The second-order valence-electron chi connectivity index (χ2n) is 9.46. The van der Waals surface area contributed by atoms with Crippen LogP contribution < -0.4 is 10.2 Å². The van der Waals surface area contributed by atoms with Gasteiger partial charge in [-0.05, 0) is 67.9 Å². The second-order valence-corrected chi connectivity index (χ2v) is 9.46. The van der Waals surface area contributed by atoms with Gasteiger partial charge < -0.3 is 14.8 Å². The molecule has 0 saturated heterocycles. The Bertz CT molecular complexity index is 1110. The molecule has 2 heterocycles. The van der Waals surface area contributed by atoms with Gasteiger partial charge in [0.2, 0.25) is 5.95 Å². The Kier molecular flexibility index (Phi) is 5.85. The maximum absolute atomic E-state index is 12.8. The van der Waals surface area contributed by atoms with E-state index in [9.17, 15) is 4.79 Å². The highest BCUT2D eigenvalue weighted by molar-refractivity contribution is 5.97. The first-order valence-corrected chi connectivity index (χ1v) is 12.0. The Morgan fingerprint density at radius 3 is 2.84 bits per heavy atom. The Morgan fingerprint density at radius 2 is 2.00 bits per heavy atom. The van der Waals surface area contributed by atoms with Crippen LogP contribution in [0.15, 0.2) is 36.5 Å². The van der Waals surface area contributed by atoms with Crippen molar-refractivity contribution in [1.29, 1.82) is 0 Å². The van der Waals surface area contributed by atoms with E-state index in [2.05, 4.69) is 27.9 Å². The topological polar surface area (TPSA) is 63.1 Å². The molecular weight excluding hydrogens is 398 g/mol. The number of benzene rings is 1. The fourth-order valence-electron chi connectivity index (χ4n) is 5.48. The molecule has 1 amide bonds. The van der Waals surface area contributed by atoms with E-state index in [1.165, 1.54) is 37.7 Å². The number of hydrogen-bond acceptors (Lipinski definition) is 4. The lowest BCUT2D eigenvalue weighted by atomic mass is 9.89. The fraction of sp³-hybridized carbons (Fsp3) is 0.500. The lowest BCUT2D eigenvalue weighted by Gasteiger charge is -2.32. The van der Waals surface area contributed by atoms with E-state index in [1.807, 2.05) is 37.5 Å². The van der Waals surface area contributed by atoms with Crippen molar-refractivity contribution >= 4 is 22.9 Å². The number of aryl methyl sites for hydroxylation is 2. The fourth-order valence-corrected chi connectivity index (χ4v) is 5.48. The number of pyridine rings is 1. The summed E-state index contributed by atoms with van der Waals surface area (Å²) in [6.45, 7) is 0.779. The van der Waals surface area contributed by atoms with Crippen LogP contribution in [0.25, 0.3) is 11.0 Å². The van der Waals surface area contributed by atoms with Crippen LogP contribution in [0.3, 0.4) is 0 Å². The average molecular weight is 432 g/mol. The van der Waals surface area contributed by atoms with Crippen LogP contribution in [-0.4, -0.2) is 34.0 Å². The molecule has 1 fully saturated rings. The van der Waals surface area contributed by atoms with Crippen LogP contribution in [-0.2, 0) is 13.5 Å². The van der Waals surface area contributed by atoms with Crippen molar-refractivity contribution < 1.29 is 4.79 Å². The van der Waals surface area contributed by atoms with Crippen molar-refractivity contribution in [2.24, 2.45) is 13.0 Å². The third kappa shape index (κ3) is 3.98. The molecule has 1 unspecified atom stereocenters. The first-order valence-electron chi connectivity index (χ1n) is 12.0. The lowest BCUT2D eigenvalue weighted by Crippen LogP contribution is -2.30. The van der Waals surface area contributed by atoms with Gasteiger partial charge in [0.1, 0.15) is 0 Å². The summed E-state index contributed by atoms with van der Waals surface area (Å²) in [5.74, 6) is 1.53. The minimum atomic E-state index is 0.00318. The first kappa shape index (κ1) is 21.0. The van der Waals surface area contributed by atoms with Gasteiger partial charge in [0.15, 0.2) is 0 Å². The van der Waals surface area contributed by atoms with E-state index < -0.39 is 0 Å². The minimum absolute atomic E-state index is 0.00318. The Hall–Kier alpha value is -2.89. The second kappa shape index (κ2) is 8.93. The molecule has 0 spiro atoms. The van der Waals surface area contributed by atoms with E-state index in [0.29, 0.717) is 11.5 Å². The molecule has 0 radical (unpaired) electrons. The molecule has 5 rings (SSSR count). The van der Waals surface area contributed by atoms with Gasteiger partial charge in [-0.25, -0.2) is 4.98 Å². The zero-order valence-electron chi connectivity index (χ0n) is 19.2. The smallest absolute Gasteiger partial charge is 0.251 e. The van der Waals surface area contributed by atoms with E-state index in [4.69, 9.17) is 9.97 Å². The molecule has 1 aromatic carbocycles. The number of carbonyl (C=O) groups is 1. The number of anilines is 1. The number of rotatable bonds is 5. The molecule has 6 nitrogen and oxygen atoms in total. The van der Waals surface area contributed by atoms with Crippen LogP contribution in [0.1, 0.15) is 72.6 Å². The number of nitrogens with one attached hydrogen (secondary N) is 1. The number of imidazole rings is 1. The van der Waals surface area contributed by atoms with Crippen molar-refractivity contribution in [3.63, 3.8) is 0 Å². The van der Waals surface area contributed by atoms with Crippen molar-refractivity contribution in [3.8, 4) is 0 Å². The SMILES string of the molecule is CN(c1nc2cc(C(=O)NCC3CCCCC3)ccc2n1C)C1CCCc2cccnc21. The van der Waals surface area contributed by atoms with E-state index >= 15 is 0 Å². The van der Waals surface area contributed by atoms with Crippen molar-refractivity contribution in [3.05, 3.63) is 53.3 Å². The van der Waals surface area contributed by atoms with E-state index in [1.54, 1.807) is 0 Å². The highest BCUT2D eigenvalue weighted by Gasteiger charge is 2.27. The van der Waals surface area contributed by atoms with Gasteiger partial charge in [-0.2, -0.15) is 0 Å². The first-order chi connectivity index (χ1) is 15.6. The molecule has 1 saturated carbocycles. The van der Waals surface area contributed by atoms with Crippen LogP contribution in [0.2, 0.25) is 0 Å². The van der Waals surface area contributed by atoms with Gasteiger partial charge in [0, 0.05) is 32.4 Å². The summed E-state index contributed by atoms with van der Waals surface area (Å²) in [5, 5.41) is 3.15. The maximum Gasteiger partial charge on any atom is 0.251 e. The number of hydrogen-bond donors (Lipinski definition) is 1. The number of fused-ring (bicyclic) bond motifs is 2. The number of carbonyl (C=O) groups excluding carboxylic acids is 1. The standard InChI is InChI=1S/C26H33N5O/c1-30-22-14-13-20(25(32)28-17-18-8-4-3-5-9-18)16-21(22)29-26(30)31(2)23-12-6-10-19-11-7-15-27-24(19)23/h7,11,13-16,18,23H,3-6,8-10,12,17H2,1-2H3,(H,28,32). The Labute approximate surface area is 190 Å². The molecule has 0 aliphatic heterocycles. The van der Waals surface area contributed by atoms with Gasteiger partial charge in [-0.15, -0.1) is 0 Å². The summed E-state index contributed by atoms with van der Waals surface area (Å²) in [7, 11) is 4.15. The minimum Gasteiger partial charge on any atom is -0.352 e. The van der Waals surface area contributed by atoms with Crippen LogP contribution in [0.4, 0.5) is 5.95 Å². The third-order valence-electron chi connectivity index (χ3n) is 7.34. The molecule has 1 atom stereocenters. The summed E-state index contributed by atoms with van der Waals surface area (Å²) in [4.78, 5) is 24.7. The summed E-state index contributed by atoms with van der Waals surface area (Å²) < 4.78 is 2.12. The summed E-state index contributed by atoms with van der Waals surface area (Å²) in [6.07, 6.45) is 11.6. The third-order valence-corrected chi connectivity index (χ3v) is 7.34. The largest absolute Gasteiger partial charge is 0.352 e. The van der Waals surface area contributed by atoms with Gasteiger partial charge in [-0.1, -0.05) is 25.3 Å². The molecular formula is C26H33N5O. The van der Waals surface area contributed by atoms with Crippen molar-refractivity contribution in [1.82, 2.24) is 19.9 Å². The summed E-state index contributed by atoms with van der Waals surface area (Å²) in [6, 6.07) is 10.3. The molecule has 2 aromatic heterocycles. The maximum atomic E-state index is 12.8. The van der Waals surface area contributed by atoms with Gasteiger partial charge in [-0.3, -0.25) is 9.78 Å². The molecule has 1 N–H and O–H groups in total. The zero-order chi connectivity index (χ0) is 22.1. The van der Waals surface area contributed by atoms with E-state index in [0.717, 1.165) is 48.5 Å². The molecule has 3 aromatic rings. The van der Waals surface area contributed by atoms with Crippen LogP contribution in [0, 0.1) is 5.92 Å². The number of nitrogens with zero attached hydrogens (tertiary/aromatic N) is 4. The highest BCUT2D eigenvalue weighted by Crippen LogP contribution is 2.35. The molecule has 32 heavy (non-hydrogen) atoms. The molecule has 2 aliphatic carbocycles. The summed E-state index contributed by atoms with van der Waals surface area (Å²) >= 11 is 0. The normalized spacial score (nSPS) is 19.0. The van der Waals surface area contributed by atoms with Crippen LogP contribution in [0.5, 0.6) is 0 Å². The van der Waals surface area contributed by atoms with E-state index in [-0.39, 0.29) is 11.9 Å². The van der Waals surface area contributed by atoms with Crippen molar-refractivity contribution in [2.45, 2.75) is 57.4 Å². The van der Waals surface area contributed by atoms with Crippen molar-refractivity contribution in [2.75, 3.05) is 18.5 Å². The molecule has 0 bridgehead atoms. The Balaban J connectivity index is 1.36. The Morgan fingerprint density at radius 1 is 1.16 bits per heavy atom. The van der Waals surface area contributed by atoms with Gasteiger partial charge in [0.05, 0.1) is 22.8 Å². The lowest BCUT2D eigenvalue weighted by molar-refractivity contribution is 0.0943. The predicted molar refractivity (Wildman–Crippen MR) is 128 cm³/mol. The monoisotopic (exact) mass is 431 g/mol. The molecule has 6 heteroatoms. The quantitative estimate of drug-likeness (QED) is 0.631. The highest BCUT2D eigenvalue weighted by atomic mass is 16.1. The molecule has 168 valence electrons. The zero-order valence-corrected chi connectivity index (χ0v) is 19.2. The molecule has 2 aliphatic rings. The van der Waals surface area contributed by atoms with Gasteiger partial charge >= 0.3 is 0 Å². The predicted octanol–water partition coefficient (Wildman–Crippen LogP) is 4.79. The average Bonchev–Trinajstić information content (AvgIpc) is 3.18. The van der Waals surface area contributed by atoms with Crippen LogP contribution >= 0.6 is 0 Å².